The third kappa shape index (κ3) is 3.85. The van der Waals surface area contributed by atoms with Crippen molar-refractivity contribution in [3.63, 3.8) is 0 Å². The van der Waals surface area contributed by atoms with Crippen molar-refractivity contribution in [2.45, 2.75) is 6.54 Å². The SMILES string of the molecule is O=C(Nc1ccc2c(c1)N(Cc1ccc(Cl)cc1)C(=O)CO2)c1ccccc1. The maximum atomic E-state index is 12.5. The van der Waals surface area contributed by atoms with E-state index in [4.69, 9.17) is 16.3 Å². The van der Waals surface area contributed by atoms with Crippen LogP contribution in [0.5, 0.6) is 5.75 Å². The lowest BCUT2D eigenvalue weighted by Crippen LogP contribution is -2.38. The van der Waals surface area contributed by atoms with Crippen molar-refractivity contribution in [2.24, 2.45) is 0 Å². The summed E-state index contributed by atoms with van der Waals surface area (Å²) in [5.74, 6) is 0.244. The van der Waals surface area contributed by atoms with Crippen LogP contribution in [0.3, 0.4) is 0 Å². The van der Waals surface area contributed by atoms with Crippen LogP contribution in [-0.4, -0.2) is 18.4 Å². The van der Waals surface area contributed by atoms with Crippen molar-refractivity contribution in [1.82, 2.24) is 0 Å². The standard InChI is InChI=1S/C22H17ClN2O3/c23-17-8-6-15(7-9-17)13-25-19-12-18(10-11-20(19)28-14-21(25)26)24-22(27)16-4-2-1-3-5-16/h1-12H,13-14H2,(H,24,27). The van der Waals surface area contributed by atoms with Gasteiger partial charge in [-0.25, -0.2) is 0 Å². The number of hydrogen-bond donors (Lipinski definition) is 1. The summed E-state index contributed by atoms with van der Waals surface area (Å²) in [7, 11) is 0. The highest BCUT2D eigenvalue weighted by Gasteiger charge is 2.26. The Morgan fingerprint density at radius 1 is 1.04 bits per heavy atom. The van der Waals surface area contributed by atoms with E-state index in [9.17, 15) is 9.59 Å². The van der Waals surface area contributed by atoms with E-state index in [1.54, 1.807) is 47.4 Å². The molecule has 1 N–H and O–H groups in total. The van der Waals surface area contributed by atoms with E-state index in [1.165, 1.54) is 0 Å². The van der Waals surface area contributed by atoms with E-state index in [0.29, 0.717) is 34.3 Å². The number of anilines is 2. The lowest BCUT2D eigenvalue weighted by Gasteiger charge is -2.30. The maximum absolute atomic E-state index is 12.5. The Bertz CT molecular complexity index is 1020. The molecule has 6 heteroatoms. The maximum Gasteiger partial charge on any atom is 0.265 e. The monoisotopic (exact) mass is 392 g/mol. The average Bonchev–Trinajstić information content (AvgIpc) is 2.72. The number of fused-ring (bicyclic) bond motifs is 1. The number of nitrogens with one attached hydrogen (secondary N) is 1. The molecule has 0 unspecified atom stereocenters. The minimum Gasteiger partial charge on any atom is -0.482 e. The first-order valence-corrected chi connectivity index (χ1v) is 9.16. The van der Waals surface area contributed by atoms with Crippen LogP contribution in [0, 0.1) is 0 Å². The zero-order chi connectivity index (χ0) is 19.5. The number of carbonyl (C=O) groups excluding carboxylic acids is 2. The molecule has 0 spiro atoms. The second-order valence-corrected chi connectivity index (χ2v) is 6.83. The molecule has 0 aliphatic carbocycles. The molecule has 140 valence electrons. The van der Waals surface area contributed by atoms with Gasteiger partial charge >= 0.3 is 0 Å². The van der Waals surface area contributed by atoms with Gasteiger partial charge in [-0.1, -0.05) is 41.9 Å². The van der Waals surface area contributed by atoms with Crippen LogP contribution in [0.4, 0.5) is 11.4 Å². The molecule has 1 aliphatic rings. The third-order valence-electron chi connectivity index (χ3n) is 4.45. The van der Waals surface area contributed by atoms with E-state index in [0.717, 1.165) is 5.56 Å². The zero-order valence-corrected chi connectivity index (χ0v) is 15.6. The highest BCUT2D eigenvalue weighted by atomic mass is 35.5. The Labute approximate surface area is 167 Å². The lowest BCUT2D eigenvalue weighted by molar-refractivity contribution is -0.121. The highest BCUT2D eigenvalue weighted by Crippen LogP contribution is 2.35. The van der Waals surface area contributed by atoms with Crippen LogP contribution in [0.15, 0.2) is 72.8 Å². The Hall–Kier alpha value is -3.31. The Morgan fingerprint density at radius 2 is 1.79 bits per heavy atom. The molecule has 0 atom stereocenters. The van der Waals surface area contributed by atoms with Crippen LogP contribution in [0.25, 0.3) is 0 Å². The van der Waals surface area contributed by atoms with E-state index < -0.39 is 0 Å². The molecule has 0 saturated heterocycles. The summed E-state index contributed by atoms with van der Waals surface area (Å²) in [6.07, 6.45) is 0. The van der Waals surface area contributed by atoms with Gasteiger partial charge < -0.3 is 15.0 Å². The van der Waals surface area contributed by atoms with Crippen molar-refractivity contribution in [2.75, 3.05) is 16.8 Å². The van der Waals surface area contributed by atoms with E-state index in [-0.39, 0.29) is 18.4 Å². The molecule has 28 heavy (non-hydrogen) atoms. The number of carbonyl (C=O) groups is 2. The predicted octanol–water partition coefficient (Wildman–Crippen LogP) is 4.52. The molecule has 1 heterocycles. The predicted molar refractivity (Wildman–Crippen MR) is 109 cm³/mol. The number of ether oxygens (including phenoxy) is 1. The molecule has 0 fully saturated rings. The lowest BCUT2D eigenvalue weighted by atomic mass is 10.1. The van der Waals surface area contributed by atoms with Gasteiger partial charge in [0.25, 0.3) is 11.8 Å². The average molecular weight is 393 g/mol. The van der Waals surface area contributed by atoms with Gasteiger partial charge in [-0.2, -0.15) is 0 Å². The summed E-state index contributed by atoms with van der Waals surface area (Å²) >= 11 is 5.94. The smallest absolute Gasteiger partial charge is 0.265 e. The number of halogens is 1. The second-order valence-electron chi connectivity index (χ2n) is 6.40. The highest BCUT2D eigenvalue weighted by molar-refractivity contribution is 6.30. The minimum atomic E-state index is -0.215. The van der Waals surface area contributed by atoms with E-state index >= 15 is 0 Å². The molecule has 1 aliphatic heterocycles. The number of nitrogens with zero attached hydrogens (tertiary/aromatic N) is 1. The molecule has 0 saturated carbocycles. The molecule has 0 radical (unpaired) electrons. The molecule has 5 nitrogen and oxygen atoms in total. The summed E-state index contributed by atoms with van der Waals surface area (Å²) in [6.45, 7) is 0.374. The van der Waals surface area contributed by atoms with Crippen molar-refractivity contribution < 1.29 is 14.3 Å². The number of rotatable bonds is 4. The molecule has 2 amide bonds. The van der Waals surface area contributed by atoms with Crippen LogP contribution in [0.2, 0.25) is 5.02 Å². The Balaban J connectivity index is 1.60. The van der Waals surface area contributed by atoms with Crippen LogP contribution < -0.4 is 15.0 Å². The van der Waals surface area contributed by atoms with Crippen LogP contribution in [0.1, 0.15) is 15.9 Å². The van der Waals surface area contributed by atoms with Gasteiger partial charge in [-0.3, -0.25) is 9.59 Å². The molecule has 3 aromatic carbocycles. The van der Waals surface area contributed by atoms with Crippen LogP contribution >= 0.6 is 11.6 Å². The number of benzene rings is 3. The topological polar surface area (TPSA) is 58.6 Å². The summed E-state index contributed by atoms with van der Waals surface area (Å²) in [5, 5.41) is 3.51. The first kappa shape index (κ1) is 18.1. The first-order chi connectivity index (χ1) is 13.6. The zero-order valence-electron chi connectivity index (χ0n) is 14.9. The van der Waals surface area contributed by atoms with Gasteiger partial charge in [0.1, 0.15) is 5.75 Å². The largest absolute Gasteiger partial charge is 0.482 e. The summed E-state index contributed by atoms with van der Waals surface area (Å²) in [4.78, 5) is 26.5. The molecule has 4 rings (SSSR count). The number of hydrogen-bond acceptors (Lipinski definition) is 3. The molecule has 3 aromatic rings. The van der Waals surface area contributed by atoms with Crippen LogP contribution in [-0.2, 0) is 11.3 Å². The fourth-order valence-corrected chi connectivity index (χ4v) is 3.14. The van der Waals surface area contributed by atoms with Crippen molar-refractivity contribution in [3.05, 3.63) is 88.9 Å². The molecule has 0 bridgehead atoms. The molecular weight excluding hydrogens is 376 g/mol. The summed E-state index contributed by atoms with van der Waals surface area (Å²) < 4.78 is 5.54. The van der Waals surface area contributed by atoms with Gasteiger partial charge in [-0.05, 0) is 48.0 Å². The first-order valence-electron chi connectivity index (χ1n) is 8.78. The van der Waals surface area contributed by atoms with E-state index in [1.807, 2.05) is 30.3 Å². The quantitative estimate of drug-likeness (QED) is 0.710. The van der Waals surface area contributed by atoms with Crippen molar-refractivity contribution in [1.29, 1.82) is 0 Å². The molecule has 0 aromatic heterocycles. The minimum absolute atomic E-state index is 0.0175. The van der Waals surface area contributed by atoms with Gasteiger partial charge in [0.05, 0.1) is 12.2 Å². The van der Waals surface area contributed by atoms with Crippen molar-refractivity contribution in [3.8, 4) is 5.75 Å². The summed E-state index contributed by atoms with van der Waals surface area (Å²) in [5.41, 5.74) is 2.72. The second kappa shape index (κ2) is 7.74. The normalized spacial score (nSPS) is 12.9. The van der Waals surface area contributed by atoms with Gasteiger partial charge in [-0.15, -0.1) is 0 Å². The fraction of sp³-hybridized carbons (Fsp3) is 0.0909. The van der Waals surface area contributed by atoms with Gasteiger partial charge in [0.15, 0.2) is 6.61 Å². The van der Waals surface area contributed by atoms with E-state index in [2.05, 4.69) is 5.32 Å². The van der Waals surface area contributed by atoms with Gasteiger partial charge in [0.2, 0.25) is 0 Å². The Kier molecular flexibility index (Phi) is 5.00. The fourth-order valence-electron chi connectivity index (χ4n) is 3.02. The van der Waals surface area contributed by atoms with Gasteiger partial charge in [0, 0.05) is 16.3 Å². The van der Waals surface area contributed by atoms with Crippen molar-refractivity contribution >= 4 is 34.8 Å². The Morgan fingerprint density at radius 3 is 2.54 bits per heavy atom. The summed E-state index contributed by atoms with van der Waals surface area (Å²) in [6, 6.07) is 21.6. The number of amides is 2. The third-order valence-corrected chi connectivity index (χ3v) is 4.70. The molecular formula is C22H17ClN2O3.